The van der Waals surface area contributed by atoms with Gasteiger partial charge < -0.3 is 4.90 Å². The maximum Gasteiger partial charge on any atom is 0.216 e. The molecular weight excluding hydrogens is 324 g/mol. The molecule has 122 valence electrons. The molecule has 3 rings (SSSR count). The van der Waals surface area contributed by atoms with Crippen LogP contribution in [-0.4, -0.2) is 54.6 Å². The first-order valence-corrected chi connectivity index (χ1v) is 9.52. The molecule has 8 heteroatoms. The second-order valence-corrected chi connectivity index (χ2v) is 8.88. The van der Waals surface area contributed by atoms with Crippen molar-refractivity contribution >= 4 is 27.4 Å². The Balaban J connectivity index is 1.55. The topological polar surface area (TPSA) is 66.4 Å². The second-order valence-electron chi connectivity index (χ2n) is 6.15. The highest BCUT2D eigenvalue weighted by molar-refractivity contribution is 7.90. The smallest absolute Gasteiger partial charge is 0.216 e. The van der Waals surface area contributed by atoms with E-state index in [-0.39, 0.29) is 5.25 Å². The average Bonchev–Trinajstić information content (AvgIpc) is 3.34. The molecule has 0 bridgehead atoms. The third-order valence-corrected chi connectivity index (χ3v) is 7.06. The van der Waals surface area contributed by atoms with E-state index in [0.717, 1.165) is 44.6 Å². The molecule has 2 heterocycles. The van der Waals surface area contributed by atoms with Crippen molar-refractivity contribution in [2.75, 3.05) is 31.6 Å². The fourth-order valence-electron chi connectivity index (χ4n) is 2.95. The third-order valence-electron chi connectivity index (χ3n) is 4.46. The summed E-state index contributed by atoms with van der Waals surface area (Å²) in [6.45, 7) is 2.31. The molecule has 1 saturated heterocycles. The van der Waals surface area contributed by atoms with Gasteiger partial charge in [0.1, 0.15) is 11.3 Å². The molecule has 0 amide bonds. The molecular formula is C14H21ClN4O2S. The Morgan fingerprint density at radius 3 is 2.59 bits per heavy atom. The van der Waals surface area contributed by atoms with Gasteiger partial charge in [0.15, 0.2) is 5.82 Å². The minimum atomic E-state index is -3.06. The van der Waals surface area contributed by atoms with Crippen LogP contribution in [0.25, 0.3) is 0 Å². The summed E-state index contributed by atoms with van der Waals surface area (Å²) in [5.41, 5.74) is 0. The summed E-state index contributed by atoms with van der Waals surface area (Å²) in [4.78, 5) is 10.3. The van der Waals surface area contributed by atoms with Crippen molar-refractivity contribution in [1.82, 2.24) is 14.3 Å². The molecule has 2 aliphatic rings. The van der Waals surface area contributed by atoms with Gasteiger partial charge in [-0.2, -0.15) is 0 Å². The van der Waals surface area contributed by atoms with E-state index < -0.39 is 10.0 Å². The van der Waals surface area contributed by atoms with Crippen LogP contribution in [0.3, 0.4) is 0 Å². The number of halogens is 1. The van der Waals surface area contributed by atoms with Gasteiger partial charge in [0.2, 0.25) is 10.0 Å². The van der Waals surface area contributed by atoms with Crippen LogP contribution in [0.4, 0.5) is 5.82 Å². The molecule has 0 aromatic carbocycles. The van der Waals surface area contributed by atoms with Gasteiger partial charge in [0, 0.05) is 26.7 Å². The van der Waals surface area contributed by atoms with E-state index in [9.17, 15) is 8.42 Å². The first-order chi connectivity index (χ1) is 10.5. The van der Waals surface area contributed by atoms with Crippen molar-refractivity contribution in [3.8, 4) is 0 Å². The predicted molar refractivity (Wildman–Crippen MR) is 86.6 cm³/mol. The first kappa shape index (κ1) is 16.0. The largest absolute Gasteiger partial charge is 0.355 e. The predicted octanol–water partition coefficient (Wildman–Crippen LogP) is 1.77. The van der Waals surface area contributed by atoms with Crippen molar-refractivity contribution in [2.45, 2.75) is 30.9 Å². The standard InChI is InChI=1S/C14H21ClN4O2S/c1-18(22(20,21)12-2-3-12)9-11-4-6-19(7-5-11)14-13(15)8-16-10-17-14/h8,10-12H,2-7,9H2,1H3. The molecule has 1 aromatic heterocycles. The molecule has 1 aliphatic carbocycles. The molecule has 0 atom stereocenters. The van der Waals surface area contributed by atoms with Gasteiger partial charge in [0.05, 0.1) is 11.4 Å². The van der Waals surface area contributed by atoms with E-state index in [1.165, 1.54) is 6.33 Å². The Labute approximate surface area is 136 Å². The lowest BCUT2D eigenvalue weighted by Crippen LogP contribution is -2.40. The summed E-state index contributed by atoms with van der Waals surface area (Å²) >= 11 is 6.13. The average molecular weight is 345 g/mol. The van der Waals surface area contributed by atoms with E-state index in [1.807, 2.05) is 0 Å². The summed E-state index contributed by atoms with van der Waals surface area (Å²) in [5.74, 6) is 1.17. The van der Waals surface area contributed by atoms with E-state index in [2.05, 4.69) is 14.9 Å². The van der Waals surface area contributed by atoms with Crippen LogP contribution in [0.2, 0.25) is 5.02 Å². The SMILES string of the molecule is CN(CC1CCN(c2ncncc2Cl)CC1)S(=O)(=O)C1CC1. The molecule has 0 radical (unpaired) electrons. The monoisotopic (exact) mass is 344 g/mol. The number of anilines is 1. The molecule has 0 unspecified atom stereocenters. The van der Waals surface area contributed by atoms with Gasteiger partial charge >= 0.3 is 0 Å². The van der Waals surface area contributed by atoms with Crippen molar-refractivity contribution in [3.63, 3.8) is 0 Å². The Morgan fingerprint density at radius 1 is 1.32 bits per heavy atom. The number of rotatable bonds is 5. The molecule has 0 spiro atoms. The van der Waals surface area contributed by atoms with Gasteiger partial charge in [-0.3, -0.25) is 0 Å². The van der Waals surface area contributed by atoms with E-state index in [0.29, 0.717) is 17.5 Å². The van der Waals surface area contributed by atoms with Crippen molar-refractivity contribution in [1.29, 1.82) is 0 Å². The minimum Gasteiger partial charge on any atom is -0.355 e. The van der Waals surface area contributed by atoms with E-state index >= 15 is 0 Å². The van der Waals surface area contributed by atoms with Crippen LogP contribution in [0.5, 0.6) is 0 Å². The minimum absolute atomic E-state index is 0.127. The van der Waals surface area contributed by atoms with Crippen LogP contribution in [-0.2, 0) is 10.0 Å². The van der Waals surface area contributed by atoms with Crippen molar-refractivity contribution in [2.24, 2.45) is 5.92 Å². The van der Waals surface area contributed by atoms with Gasteiger partial charge in [-0.25, -0.2) is 22.7 Å². The summed E-state index contributed by atoms with van der Waals surface area (Å²) in [6, 6.07) is 0. The Hall–Kier alpha value is -0.920. The summed E-state index contributed by atoms with van der Waals surface area (Å²) < 4.78 is 25.9. The maximum absolute atomic E-state index is 12.2. The highest BCUT2D eigenvalue weighted by Crippen LogP contribution is 2.32. The highest BCUT2D eigenvalue weighted by atomic mass is 35.5. The summed E-state index contributed by atoms with van der Waals surface area (Å²) in [6.07, 6.45) is 6.64. The first-order valence-electron chi connectivity index (χ1n) is 7.64. The molecule has 2 fully saturated rings. The van der Waals surface area contributed by atoms with Gasteiger partial charge in [-0.05, 0) is 31.6 Å². The third kappa shape index (κ3) is 3.36. The van der Waals surface area contributed by atoms with Gasteiger partial charge in [0.25, 0.3) is 0 Å². The van der Waals surface area contributed by atoms with Crippen molar-refractivity contribution in [3.05, 3.63) is 17.5 Å². The van der Waals surface area contributed by atoms with Crippen LogP contribution >= 0.6 is 11.6 Å². The number of hydrogen-bond acceptors (Lipinski definition) is 5. The Morgan fingerprint density at radius 2 is 2.00 bits per heavy atom. The fourth-order valence-corrected chi connectivity index (χ4v) is 4.84. The van der Waals surface area contributed by atoms with Gasteiger partial charge in [-0.15, -0.1) is 0 Å². The van der Waals surface area contributed by atoms with E-state index in [1.54, 1.807) is 17.5 Å². The highest BCUT2D eigenvalue weighted by Gasteiger charge is 2.39. The molecule has 1 aliphatic heterocycles. The molecule has 6 nitrogen and oxygen atoms in total. The zero-order valence-electron chi connectivity index (χ0n) is 12.7. The van der Waals surface area contributed by atoms with Crippen LogP contribution in [0.1, 0.15) is 25.7 Å². The molecule has 1 aromatic rings. The summed E-state index contributed by atoms with van der Waals surface area (Å²) in [5, 5.41) is 0.437. The number of nitrogens with zero attached hydrogens (tertiary/aromatic N) is 4. The molecule has 0 N–H and O–H groups in total. The summed E-state index contributed by atoms with van der Waals surface area (Å²) in [7, 11) is -1.35. The number of piperidine rings is 1. The lowest BCUT2D eigenvalue weighted by Gasteiger charge is -2.34. The van der Waals surface area contributed by atoms with Crippen LogP contribution in [0, 0.1) is 5.92 Å². The Bertz CT molecular complexity index is 627. The van der Waals surface area contributed by atoms with Crippen molar-refractivity contribution < 1.29 is 8.42 Å². The fraction of sp³-hybridized carbons (Fsp3) is 0.714. The zero-order valence-corrected chi connectivity index (χ0v) is 14.2. The lowest BCUT2D eigenvalue weighted by molar-refractivity contribution is 0.327. The van der Waals surface area contributed by atoms with Crippen LogP contribution < -0.4 is 4.90 Å². The molecule has 1 saturated carbocycles. The zero-order chi connectivity index (χ0) is 15.7. The lowest BCUT2D eigenvalue weighted by atomic mass is 9.97. The number of aromatic nitrogens is 2. The quantitative estimate of drug-likeness (QED) is 0.814. The normalized spacial score (nSPS) is 20.6. The maximum atomic E-state index is 12.2. The number of sulfonamides is 1. The second kappa shape index (κ2) is 6.29. The Kier molecular flexibility index (Phi) is 4.56. The van der Waals surface area contributed by atoms with E-state index in [4.69, 9.17) is 11.6 Å². The number of hydrogen-bond donors (Lipinski definition) is 0. The molecule has 22 heavy (non-hydrogen) atoms. The van der Waals surface area contributed by atoms with Gasteiger partial charge in [-0.1, -0.05) is 11.6 Å². The van der Waals surface area contributed by atoms with Crippen LogP contribution in [0.15, 0.2) is 12.5 Å².